The summed E-state index contributed by atoms with van der Waals surface area (Å²) in [7, 11) is 1.37. The van der Waals surface area contributed by atoms with Gasteiger partial charge in [0.2, 0.25) is 0 Å². The van der Waals surface area contributed by atoms with Crippen LogP contribution in [-0.4, -0.2) is 36.9 Å². The first-order valence-electron chi connectivity index (χ1n) is 8.09. The number of rotatable bonds is 6. The SMILES string of the molecule is COC(=O)C1(N)CC1(C)CC(C)(C)CCNC(=O)OC(C)(C)C. The zero-order valence-electron chi connectivity index (χ0n) is 15.5. The molecule has 0 aromatic heterocycles. The zero-order chi connectivity index (χ0) is 18.1. The van der Waals surface area contributed by atoms with Crippen molar-refractivity contribution in [2.45, 2.75) is 71.9 Å². The van der Waals surface area contributed by atoms with Gasteiger partial charge in [-0.2, -0.15) is 0 Å². The normalized spacial score (nSPS) is 27.3. The van der Waals surface area contributed by atoms with E-state index in [0.29, 0.717) is 13.0 Å². The molecule has 6 heteroatoms. The van der Waals surface area contributed by atoms with Crippen molar-refractivity contribution in [3.05, 3.63) is 0 Å². The number of carbonyl (C=O) groups is 2. The molecule has 0 aliphatic heterocycles. The number of amides is 1. The molecule has 0 saturated heterocycles. The first-order chi connectivity index (χ1) is 10.2. The number of esters is 1. The lowest BCUT2D eigenvalue weighted by atomic mass is 9.77. The van der Waals surface area contributed by atoms with Crippen molar-refractivity contribution in [2.24, 2.45) is 16.6 Å². The largest absolute Gasteiger partial charge is 0.468 e. The monoisotopic (exact) mass is 328 g/mol. The van der Waals surface area contributed by atoms with Crippen LogP contribution in [0.1, 0.15) is 60.8 Å². The van der Waals surface area contributed by atoms with E-state index in [-0.39, 0.29) is 16.8 Å². The summed E-state index contributed by atoms with van der Waals surface area (Å²) in [6, 6.07) is 0. The summed E-state index contributed by atoms with van der Waals surface area (Å²) in [4.78, 5) is 23.5. The van der Waals surface area contributed by atoms with E-state index in [9.17, 15) is 9.59 Å². The summed E-state index contributed by atoms with van der Waals surface area (Å²) in [5.41, 5.74) is 4.48. The van der Waals surface area contributed by atoms with Crippen LogP contribution in [0.25, 0.3) is 0 Å². The summed E-state index contributed by atoms with van der Waals surface area (Å²) in [5.74, 6) is -0.345. The average molecular weight is 328 g/mol. The summed E-state index contributed by atoms with van der Waals surface area (Å²) in [6.07, 6.45) is 1.80. The molecule has 0 aromatic carbocycles. The zero-order valence-corrected chi connectivity index (χ0v) is 15.5. The van der Waals surface area contributed by atoms with Crippen molar-refractivity contribution in [1.29, 1.82) is 0 Å². The minimum absolute atomic E-state index is 0.0566. The molecule has 2 unspecified atom stereocenters. The highest BCUT2D eigenvalue weighted by Crippen LogP contribution is 2.60. The van der Waals surface area contributed by atoms with Gasteiger partial charge in [-0.25, -0.2) is 4.79 Å². The standard InChI is InChI=1S/C17H32N2O4/c1-14(2,3)23-13(21)19-9-8-15(4,5)10-16(6)11-17(16,18)12(20)22-7/h8-11,18H2,1-7H3,(H,19,21). The van der Waals surface area contributed by atoms with Crippen LogP contribution in [0.3, 0.4) is 0 Å². The van der Waals surface area contributed by atoms with Crippen LogP contribution in [0.4, 0.5) is 4.79 Å². The molecule has 23 heavy (non-hydrogen) atoms. The lowest BCUT2D eigenvalue weighted by Crippen LogP contribution is -2.41. The first-order valence-corrected chi connectivity index (χ1v) is 8.09. The Labute approximate surface area is 139 Å². The van der Waals surface area contributed by atoms with Gasteiger partial charge in [0.15, 0.2) is 0 Å². The molecule has 1 aliphatic carbocycles. The van der Waals surface area contributed by atoms with E-state index in [1.165, 1.54) is 7.11 Å². The van der Waals surface area contributed by atoms with E-state index in [2.05, 4.69) is 19.2 Å². The molecule has 0 aromatic rings. The molecule has 1 fully saturated rings. The third kappa shape index (κ3) is 5.09. The Kier molecular flexibility index (Phi) is 5.41. The van der Waals surface area contributed by atoms with Crippen molar-refractivity contribution in [3.8, 4) is 0 Å². The lowest BCUT2D eigenvalue weighted by Gasteiger charge is -2.30. The fourth-order valence-electron chi connectivity index (χ4n) is 3.25. The number of carbonyl (C=O) groups excluding carboxylic acids is 2. The van der Waals surface area contributed by atoms with Crippen molar-refractivity contribution in [1.82, 2.24) is 5.32 Å². The van der Waals surface area contributed by atoms with Crippen molar-refractivity contribution in [3.63, 3.8) is 0 Å². The summed E-state index contributed by atoms with van der Waals surface area (Å²) in [6.45, 7) is 12.3. The summed E-state index contributed by atoms with van der Waals surface area (Å²) < 4.78 is 10.0. The average Bonchev–Trinajstić information content (AvgIpc) is 2.87. The minimum atomic E-state index is -0.877. The summed E-state index contributed by atoms with van der Waals surface area (Å²) >= 11 is 0. The van der Waals surface area contributed by atoms with Crippen LogP contribution >= 0.6 is 0 Å². The second-order valence-electron chi connectivity index (χ2n) is 8.72. The smallest absolute Gasteiger partial charge is 0.407 e. The van der Waals surface area contributed by atoms with Gasteiger partial charge < -0.3 is 20.5 Å². The highest BCUT2D eigenvalue weighted by molar-refractivity contribution is 5.86. The molecule has 1 saturated carbocycles. The van der Waals surface area contributed by atoms with Crippen molar-refractivity contribution < 1.29 is 19.1 Å². The van der Waals surface area contributed by atoms with Crippen LogP contribution in [0.2, 0.25) is 0 Å². The predicted octanol–water partition coefficient (Wildman–Crippen LogP) is 2.60. The maximum absolute atomic E-state index is 11.8. The number of hydrogen-bond donors (Lipinski definition) is 2. The third-order valence-corrected chi connectivity index (χ3v) is 4.51. The van der Waals surface area contributed by atoms with E-state index in [1.807, 2.05) is 27.7 Å². The Morgan fingerprint density at radius 1 is 1.22 bits per heavy atom. The van der Waals surface area contributed by atoms with Crippen LogP contribution in [-0.2, 0) is 14.3 Å². The number of nitrogens with one attached hydrogen (secondary N) is 1. The Hall–Kier alpha value is -1.30. The summed E-state index contributed by atoms with van der Waals surface area (Å²) in [5, 5.41) is 2.77. The third-order valence-electron chi connectivity index (χ3n) is 4.51. The quantitative estimate of drug-likeness (QED) is 0.731. The van der Waals surface area contributed by atoms with Gasteiger partial charge in [-0.1, -0.05) is 20.8 Å². The van der Waals surface area contributed by atoms with Crippen LogP contribution in [0, 0.1) is 10.8 Å². The van der Waals surface area contributed by atoms with Gasteiger partial charge >= 0.3 is 12.1 Å². The number of hydrogen-bond acceptors (Lipinski definition) is 5. The van der Waals surface area contributed by atoms with Crippen molar-refractivity contribution >= 4 is 12.1 Å². The van der Waals surface area contributed by atoms with Gasteiger partial charge in [-0.3, -0.25) is 4.79 Å². The molecule has 1 rings (SSSR count). The molecule has 3 N–H and O–H groups in total. The fraction of sp³-hybridized carbons (Fsp3) is 0.882. The Morgan fingerprint density at radius 3 is 2.26 bits per heavy atom. The van der Waals surface area contributed by atoms with Crippen LogP contribution < -0.4 is 11.1 Å². The second kappa shape index (κ2) is 6.30. The maximum atomic E-state index is 11.8. The number of methoxy groups -OCH3 is 1. The van der Waals surface area contributed by atoms with Gasteiger partial charge in [0, 0.05) is 6.54 Å². The Morgan fingerprint density at radius 2 is 1.78 bits per heavy atom. The molecule has 0 spiro atoms. The van der Waals surface area contributed by atoms with Crippen LogP contribution in [0.5, 0.6) is 0 Å². The van der Waals surface area contributed by atoms with E-state index in [0.717, 1.165) is 12.8 Å². The van der Waals surface area contributed by atoms with E-state index in [1.54, 1.807) is 0 Å². The van der Waals surface area contributed by atoms with Gasteiger partial charge in [0.05, 0.1) is 7.11 Å². The molecule has 1 amide bonds. The minimum Gasteiger partial charge on any atom is -0.468 e. The van der Waals surface area contributed by atoms with E-state index in [4.69, 9.17) is 15.2 Å². The lowest BCUT2D eigenvalue weighted by molar-refractivity contribution is -0.144. The molecule has 134 valence electrons. The van der Waals surface area contributed by atoms with Gasteiger partial charge in [0.1, 0.15) is 11.1 Å². The predicted molar refractivity (Wildman–Crippen MR) is 88.9 cm³/mol. The molecule has 1 aliphatic rings. The van der Waals surface area contributed by atoms with Crippen LogP contribution in [0.15, 0.2) is 0 Å². The molecular formula is C17H32N2O4. The molecule has 0 bridgehead atoms. The molecule has 2 atom stereocenters. The molecular weight excluding hydrogens is 296 g/mol. The molecule has 6 nitrogen and oxygen atoms in total. The van der Waals surface area contributed by atoms with Crippen molar-refractivity contribution in [2.75, 3.05) is 13.7 Å². The van der Waals surface area contributed by atoms with E-state index >= 15 is 0 Å². The van der Waals surface area contributed by atoms with Gasteiger partial charge in [-0.05, 0) is 50.9 Å². The Bertz CT molecular complexity index is 470. The van der Waals surface area contributed by atoms with E-state index < -0.39 is 17.2 Å². The fourth-order valence-corrected chi connectivity index (χ4v) is 3.25. The molecule has 0 heterocycles. The first kappa shape index (κ1) is 19.7. The second-order valence-corrected chi connectivity index (χ2v) is 8.72. The number of alkyl carbamates (subject to hydrolysis) is 1. The number of ether oxygens (including phenoxy) is 2. The van der Waals surface area contributed by atoms with Gasteiger partial charge in [-0.15, -0.1) is 0 Å². The maximum Gasteiger partial charge on any atom is 0.407 e. The highest BCUT2D eigenvalue weighted by atomic mass is 16.6. The topological polar surface area (TPSA) is 90.6 Å². The Balaban J connectivity index is 2.46. The highest BCUT2D eigenvalue weighted by Gasteiger charge is 2.68. The molecule has 0 radical (unpaired) electrons. The number of nitrogens with two attached hydrogens (primary N) is 1. The van der Waals surface area contributed by atoms with Gasteiger partial charge in [0.25, 0.3) is 0 Å².